The third kappa shape index (κ3) is 5.46. The minimum absolute atomic E-state index is 0.355. The molecule has 0 saturated carbocycles. The van der Waals surface area contributed by atoms with Crippen molar-refractivity contribution in [1.82, 2.24) is 0 Å². The van der Waals surface area contributed by atoms with Crippen LogP contribution < -0.4 is 0 Å². The first-order chi connectivity index (χ1) is 10.7. The van der Waals surface area contributed by atoms with E-state index in [1.165, 1.54) is 12.1 Å². The maximum Gasteiger partial charge on any atom is 0.129 e. The van der Waals surface area contributed by atoms with E-state index in [0.717, 1.165) is 11.6 Å². The van der Waals surface area contributed by atoms with Gasteiger partial charge in [-0.05, 0) is 31.2 Å². The van der Waals surface area contributed by atoms with Crippen LogP contribution in [0.3, 0.4) is 0 Å². The summed E-state index contributed by atoms with van der Waals surface area (Å²) >= 11 is 0. The molecular weight excluding hydrogens is 308 g/mol. The van der Waals surface area contributed by atoms with Gasteiger partial charge in [-0.1, -0.05) is 43.3 Å². The Morgan fingerprint density at radius 1 is 0.957 bits per heavy atom. The van der Waals surface area contributed by atoms with Crippen molar-refractivity contribution in [2.24, 2.45) is 4.99 Å². The summed E-state index contributed by atoms with van der Waals surface area (Å²) in [5.41, 5.74) is 5.77. The molecule has 0 fully saturated rings. The SMILES string of the molecule is Cc1ccc(N=C(C#C[Si](C)(C)C)c2cc(F)cc(F)c2)cc1. The smallest absolute Gasteiger partial charge is 0.129 e. The minimum atomic E-state index is -1.64. The van der Waals surface area contributed by atoms with Crippen LogP contribution in [0.5, 0.6) is 0 Å². The van der Waals surface area contributed by atoms with Crippen molar-refractivity contribution in [3.63, 3.8) is 0 Å². The van der Waals surface area contributed by atoms with Gasteiger partial charge in [0.25, 0.3) is 0 Å². The van der Waals surface area contributed by atoms with E-state index in [1.54, 1.807) is 0 Å². The lowest BCUT2D eigenvalue weighted by Gasteiger charge is -2.06. The maximum absolute atomic E-state index is 13.5. The van der Waals surface area contributed by atoms with Crippen molar-refractivity contribution >= 4 is 19.5 Å². The van der Waals surface area contributed by atoms with Gasteiger partial charge in [-0.3, -0.25) is 0 Å². The monoisotopic (exact) mass is 327 g/mol. The number of rotatable bonds is 2. The van der Waals surface area contributed by atoms with Gasteiger partial charge in [0.1, 0.15) is 25.4 Å². The number of benzene rings is 2. The van der Waals surface area contributed by atoms with Crippen LogP contribution in [0.4, 0.5) is 14.5 Å². The van der Waals surface area contributed by atoms with Gasteiger partial charge in [-0.15, -0.1) is 5.54 Å². The molecular formula is C19H19F2NSi. The van der Waals surface area contributed by atoms with Crippen molar-refractivity contribution < 1.29 is 8.78 Å². The fourth-order valence-electron chi connectivity index (χ4n) is 1.85. The van der Waals surface area contributed by atoms with Gasteiger partial charge in [-0.25, -0.2) is 13.8 Å². The molecule has 0 unspecified atom stereocenters. The van der Waals surface area contributed by atoms with E-state index < -0.39 is 19.7 Å². The summed E-state index contributed by atoms with van der Waals surface area (Å²) in [5.74, 6) is 1.76. The molecule has 0 aromatic heterocycles. The van der Waals surface area contributed by atoms with Gasteiger partial charge < -0.3 is 0 Å². The number of aliphatic imine (C=N–C) groups is 1. The van der Waals surface area contributed by atoms with Crippen molar-refractivity contribution in [3.8, 4) is 11.5 Å². The molecule has 0 spiro atoms. The second-order valence-corrected chi connectivity index (χ2v) is 11.2. The lowest BCUT2D eigenvalue weighted by molar-refractivity contribution is 0.583. The van der Waals surface area contributed by atoms with Crippen LogP contribution in [0.25, 0.3) is 0 Å². The number of nitrogens with zero attached hydrogens (tertiary/aromatic N) is 1. The zero-order valence-corrected chi connectivity index (χ0v) is 14.7. The van der Waals surface area contributed by atoms with Crippen molar-refractivity contribution in [2.75, 3.05) is 0 Å². The summed E-state index contributed by atoms with van der Waals surface area (Å²) in [7, 11) is -1.64. The van der Waals surface area contributed by atoms with Crippen LogP contribution in [0.1, 0.15) is 11.1 Å². The first kappa shape index (κ1) is 17.1. The Bertz CT molecular complexity index is 771. The Hall–Kier alpha value is -2.25. The van der Waals surface area contributed by atoms with E-state index in [9.17, 15) is 8.78 Å². The summed E-state index contributed by atoms with van der Waals surface area (Å²) in [5, 5.41) is 0. The summed E-state index contributed by atoms with van der Waals surface area (Å²) in [6, 6.07) is 11.0. The van der Waals surface area contributed by atoms with Crippen LogP contribution in [0.15, 0.2) is 47.5 Å². The molecule has 0 aliphatic heterocycles. The van der Waals surface area contributed by atoms with Crippen molar-refractivity contribution in [3.05, 3.63) is 65.2 Å². The highest BCUT2D eigenvalue weighted by Crippen LogP contribution is 2.16. The van der Waals surface area contributed by atoms with Gasteiger partial charge in [0.15, 0.2) is 0 Å². The highest BCUT2D eigenvalue weighted by Gasteiger charge is 2.10. The summed E-state index contributed by atoms with van der Waals surface area (Å²) in [6.45, 7) is 8.31. The highest BCUT2D eigenvalue weighted by molar-refractivity contribution is 6.84. The molecule has 0 N–H and O–H groups in total. The summed E-state index contributed by atoms with van der Waals surface area (Å²) in [6.07, 6.45) is 0. The minimum Gasteiger partial charge on any atom is -0.239 e. The van der Waals surface area contributed by atoms with Crippen LogP contribution in [0.2, 0.25) is 19.6 Å². The predicted molar refractivity (Wildman–Crippen MR) is 94.9 cm³/mol. The topological polar surface area (TPSA) is 12.4 Å². The van der Waals surface area contributed by atoms with E-state index in [-0.39, 0.29) is 0 Å². The van der Waals surface area contributed by atoms with Gasteiger partial charge >= 0.3 is 0 Å². The zero-order chi connectivity index (χ0) is 17.0. The number of aryl methyl sites for hydroxylation is 1. The van der Waals surface area contributed by atoms with Gasteiger partial charge in [0.05, 0.1) is 5.69 Å². The Morgan fingerprint density at radius 2 is 1.52 bits per heavy atom. The molecule has 4 heteroatoms. The maximum atomic E-state index is 13.5. The van der Waals surface area contributed by atoms with Crippen molar-refractivity contribution in [2.45, 2.75) is 26.6 Å². The molecule has 2 aromatic carbocycles. The number of hydrogen-bond acceptors (Lipinski definition) is 1. The molecule has 0 aliphatic rings. The lowest BCUT2D eigenvalue weighted by Crippen LogP contribution is -2.17. The molecule has 2 rings (SSSR count). The molecule has 1 nitrogen and oxygen atoms in total. The Morgan fingerprint density at radius 3 is 2.04 bits per heavy atom. The number of halogens is 2. The predicted octanol–water partition coefficient (Wildman–Crippen LogP) is 5.27. The first-order valence-electron chi connectivity index (χ1n) is 7.38. The van der Waals surface area contributed by atoms with E-state index in [1.807, 2.05) is 31.2 Å². The third-order valence-corrected chi connectivity index (χ3v) is 3.84. The first-order valence-corrected chi connectivity index (χ1v) is 10.9. The van der Waals surface area contributed by atoms with Gasteiger partial charge in [-0.2, -0.15) is 0 Å². The van der Waals surface area contributed by atoms with E-state index in [4.69, 9.17) is 0 Å². The Kier molecular flexibility index (Phi) is 5.12. The lowest BCUT2D eigenvalue weighted by atomic mass is 10.1. The second kappa shape index (κ2) is 6.89. The van der Waals surface area contributed by atoms with Crippen LogP contribution in [0, 0.1) is 30.0 Å². The molecule has 0 atom stereocenters. The molecule has 0 radical (unpaired) electrons. The number of hydrogen-bond donors (Lipinski definition) is 0. The zero-order valence-electron chi connectivity index (χ0n) is 13.7. The average Bonchev–Trinajstić information content (AvgIpc) is 2.43. The standard InChI is InChI=1S/C19H19F2NSi/c1-14-5-7-18(8-6-14)22-19(9-10-23(2,3)4)15-11-16(20)13-17(21)12-15/h5-8,11-13H,1-4H3. The van der Waals surface area contributed by atoms with Crippen LogP contribution >= 0.6 is 0 Å². The fraction of sp³-hybridized carbons (Fsp3) is 0.211. The quantitative estimate of drug-likeness (QED) is 0.404. The van der Waals surface area contributed by atoms with Crippen LogP contribution in [-0.2, 0) is 0 Å². The molecule has 0 aliphatic carbocycles. The largest absolute Gasteiger partial charge is 0.239 e. The molecule has 0 amide bonds. The highest BCUT2D eigenvalue weighted by atomic mass is 28.3. The van der Waals surface area contributed by atoms with Crippen molar-refractivity contribution in [1.29, 1.82) is 0 Å². The molecule has 2 aromatic rings. The third-order valence-electron chi connectivity index (χ3n) is 2.97. The molecule has 0 heterocycles. The molecule has 0 saturated heterocycles. The normalized spacial score (nSPS) is 11.8. The molecule has 118 valence electrons. The Labute approximate surface area is 137 Å². The van der Waals surface area contributed by atoms with E-state index in [2.05, 4.69) is 36.1 Å². The van der Waals surface area contributed by atoms with Gasteiger partial charge in [0, 0.05) is 11.6 Å². The van der Waals surface area contributed by atoms with Gasteiger partial charge in [0.2, 0.25) is 0 Å². The van der Waals surface area contributed by atoms with E-state index in [0.29, 0.717) is 17.0 Å². The average molecular weight is 327 g/mol. The summed E-state index contributed by atoms with van der Waals surface area (Å²) < 4.78 is 27.0. The molecule has 0 bridgehead atoms. The fourth-order valence-corrected chi connectivity index (χ4v) is 2.34. The Balaban J connectivity index is 2.54. The second-order valence-electron chi connectivity index (χ2n) is 6.45. The van der Waals surface area contributed by atoms with Crippen LogP contribution in [-0.4, -0.2) is 13.8 Å². The van der Waals surface area contributed by atoms with E-state index >= 15 is 0 Å². The molecule has 23 heavy (non-hydrogen) atoms. The summed E-state index contributed by atoms with van der Waals surface area (Å²) in [4.78, 5) is 4.49.